The molecule has 0 saturated carbocycles. The van der Waals surface area contributed by atoms with Gasteiger partial charge in [0.05, 0.1) is 77.2 Å². The minimum atomic E-state index is -3.08. The van der Waals surface area contributed by atoms with Gasteiger partial charge in [0, 0.05) is 42.1 Å². The first-order chi connectivity index (χ1) is 64.4. The average Bonchev–Trinajstić information content (AvgIpc) is 1.54. The Hall–Kier alpha value is -17.0. The van der Waals surface area contributed by atoms with Gasteiger partial charge in [-0.2, -0.15) is 29.9 Å². The number of imidazole rings is 6. The maximum Gasteiger partial charge on any atom is 0.242 e. The molecule has 10 heterocycles. The van der Waals surface area contributed by atoms with Crippen LogP contribution in [0.5, 0.6) is 0 Å². The van der Waals surface area contributed by atoms with Crippen molar-refractivity contribution in [2.45, 2.75) is 0 Å². The SMILES string of the molecule is c1ccc([Si](c2ccccc2)(c2ccccc2)c2cccc(-c3nc(-n4c5ccccc5c5ccccc54)nc(-n4c5ccccc5n5c6cc(-c7ccc8nc9n(-c%10nc(-c%11ccc([Si](c%12ccccc%12)(c%12ccccc%12)c%12ccc%13sc%14ccccc%14c%13c%12)cc%11)nc(-n%11c%12ccccc%12n%12c%13ccccc%13nc%11%12)n%10)c%10ccccc%10n9c8c7)ccc6nc45)n3)c2)cc1. The van der Waals surface area contributed by atoms with Crippen molar-refractivity contribution in [1.82, 2.24) is 76.3 Å². The first kappa shape index (κ1) is 73.4. The zero-order valence-electron chi connectivity index (χ0n) is 69.5. The largest absolute Gasteiger partial charge is 0.278 e. The number of para-hydroxylation sites is 10. The van der Waals surface area contributed by atoms with Crippen molar-refractivity contribution in [3.63, 3.8) is 0 Å². The molecule has 0 N–H and O–H groups in total. The number of rotatable bonds is 15. The highest BCUT2D eigenvalue weighted by Crippen LogP contribution is 2.40. The molecular weight excluding hydrogens is 1650 g/mol. The van der Waals surface area contributed by atoms with Gasteiger partial charge >= 0.3 is 0 Å². The summed E-state index contributed by atoms with van der Waals surface area (Å²) in [4.78, 5) is 50.3. The molecule has 0 aliphatic rings. The summed E-state index contributed by atoms with van der Waals surface area (Å²) in [5.41, 5.74) is 16.3. The molecule has 27 aromatic rings. The summed E-state index contributed by atoms with van der Waals surface area (Å²) >= 11 is 1.85. The molecule has 0 bridgehead atoms. The molecule has 0 atom stereocenters. The van der Waals surface area contributed by atoms with Crippen LogP contribution < -0.4 is 41.5 Å². The van der Waals surface area contributed by atoms with Crippen LogP contribution in [0, 0.1) is 0 Å². The number of fused-ring (bicyclic) bond motifs is 21. The van der Waals surface area contributed by atoms with Crippen molar-refractivity contribution in [3.8, 4) is 57.7 Å². The van der Waals surface area contributed by atoms with E-state index in [0.717, 1.165) is 110 Å². The molecule has 0 fully saturated rings. The van der Waals surface area contributed by atoms with Gasteiger partial charge in [0.2, 0.25) is 41.1 Å². The van der Waals surface area contributed by atoms with Crippen molar-refractivity contribution < 1.29 is 0 Å². The molecule has 608 valence electrons. The Morgan fingerprint density at radius 1 is 0.177 bits per heavy atom. The van der Waals surface area contributed by atoms with Crippen molar-refractivity contribution in [3.05, 3.63) is 425 Å². The van der Waals surface area contributed by atoms with Gasteiger partial charge in [-0.05, 0) is 150 Å². The van der Waals surface area contributed by atoms with Crippen molar-refractivity contribution in [1.29, 1.82) is 0 Å². The molecule has 0 unspecified atom stereocenters. The predicted octanol–water partition coefficient (Wildman–Crippen LogP) is 19.5. The molecule has 27 rings (SSSR count). The van der Waals surface area contributed by atoms with Gasteiger partial charge in [0.15, 0.2) is 27.8 Å². The predicted molar refractivity (Wildman–Crippen MR) is 533 cm³/mol. The van der Waals surface area contributed by atoms with Gasteiger partial charge in [-0.1, -0.05) is 328 Å². The molecule has 0 aliphatic heterocycles. The van der Waals surface area contributed by atoms with Crippen LogP contribution in [0.25, 0.3) is 183 Å². The highest BCUT2D eigenvalue weighted by molar-refractivity contribution is 7.26. The van der Waals surface area contributed by atoms with Gasteiger partial charge in [0.25, 0.3) is 0 Å². The molecule has 16 nitrogen and oxygen atoms in total. The second kappa shape index (κ2) is 28.8. The first-order valence-electron chi connectivity index (χ1n) is 43.6. The molecule has 17 aromatic carbocycles. The number of benzene rings is 17. The fourth-order valence-electron chi connectivity index (χ4n) is 20.8. The molecule has 130 heavy (non-hydrogen) atoms. The molecule has 0 amide bonds. The highest BCUT2D eigenvalue weighted by Gasteiger charge is 2.44. The van der Waals surface area contributed by atoms with Gasteiger partial charge in [-0.15, -0.1) is 11.3 Å². The minimum absolute atomic E-state index is 0.389. The van der Waals surface area contributed by atoms with Gasteiger partial charge in [-0.3, -0.25) is 17.8 Å². The van der Waals surface area contributed by atoms with Gasteiger partial charge in [-0.25, -0.2) is 28.7 Å². The van der Waals surface area contributed by atoms with Crippen LogP contribution >= 0.6 is 11.3 Å². The Balaban J connectivity index is 0.623. The number of hydrogen-bond acceptors (Lipinski definition) is 10. The van der Waals surface area contributed by atoms with E-state index in [1.54, 1.807) is 0 Å². The smallest absolute Gasteiger partial charge is 0.242 e. The Morgan fingerprint density at radius 2 is 0.500 bits per heavy atom. The van der Waals surface area contributed by atoms with Crippen LogP contribution in [0.15, 0.2) is 425 Å². The van der Waals surface area contributed by atoms with E-state index in [1.807, 2.05) is 17.4 Å². The third-order valence-electron chi connectivity index (χ3n) is 26.4. The van der Waals surface area contributed by atoms with E-state index in [4.69, 9.17) is 44.9 Å². The van der Waals surface area contributed by atoms with E-state index in [1.165, 1.54) is 61.7 Å². The van der Waals surface area contributed by atoms with E-state index in [2.05, 4.69) is 450 Å². The van der Waals surface area contributed by atoms with Crippen molar-refractivity contribution in [2.75, 3.05) is 0 Å². The number of aromatic nitrogens is 16. The monoisotopic (exact) mass is 1710 g/mol. The summed E-state index contributed by atoms with van der Waals surface area (Å²) in [5.74, 6) is 4.66. The van der Waals surface area contributed by atoms with Crippen LogP contribution in [0.2, 0.25) is 0 Å². The first-order valence-corrected chi connectivity index (χ1v) is 48.4. The lowest BCUT2D eigenvalue weighted by Gasteiger charge is -2.34. The third-order valence-corrected chi connectivity index (χ3v) is 37.1. The lowest BCUT2D eigenvalue weighted by molar-refractivity contribution is 0.877. The summed E-state index contributed by atoms with van der Waals surface area (Å²) < 4.78 is 17.7. The average molecular weight is 1720 g/mol. The fourth-order valence-corrected chi connectivity index (χ4v) is 31.4. The van der Waals surface area contributed by atoms with Crippen LogP contribution in [-0.2, 0) is 0 Å². The van der Waals surface area contributed by atoms with Crippen LogP contribution in [0.1, 0.15) is 0 Å². The zero-order valence-corrected chi connectivity index (χ0v) is 72.3. The molecule has 10 aromatic heterocycles. The van der Waals surface area contributed by atoms with Crippen molar-refractivity contribution in [2.24, 2.45) is 0 Å². The van der Waals surface area contributed by atoms with E-state index in [-0.39, 0.29) is 0 Å². The van der Waals surface area contributed by atoms with E-state index < -0.39 is 16.1 Å². The maximum absolute atomic E-state index is 5.66. The highest BCUT2D eigenvalue weighted by atomic mass is 32.1. The van der Waals surface area contributed by atoms with E-state index in [0.29, 0.717) is 52.8 Å². The Bertz CT molecular complexity index is 9090. The molecule has 0 aliphatic carbocycles. The Kier molecular flexibility index (Phi) is 16.2. The van der Waals surface area contributed by atoms with E-state index >= 15 is 0 Å². The lowest BCUT2D eigenvalue weighted by atomic mass is 10.0. The third kappa shape index (κ3) is 10.9. The molecule has 19 heteroatoms. The summed E-state index contributed by atoms with van der Waals surface area (Å²) in [7, 11) is -6.10. The molecule has 0 spiro atoms. The Labute approximate surface area is 747 Å². The van der Waals surface area contributed by atoms with Crippen LogP contribution in [0.3, 0.4) is 0 Å². The second-order valence-corrected chi connectivity index (χ2v) is 42.0. The maximum atomic E-state index is 5.66. The standard InChI is InChI=1S/C111H70N16SSi2/c1-6-32-75(33-7-1)129(76-34-8-2-9-35-76,77-36-10-3-11-37-77)81-42-30-31-74(67-81)104-117-105(121-90-47-20-16-43-83(90)84-44-17-21-48-91(84)121)119-108(118-104)127-98-55-28-25-52-95(98)124-100-69-73(60-65-89(100)114-111(124)127)72-59-64-88-99(68-72)123-94-51-24-27-54-97(94)126(110(123)113-88)107-116-103(115-106(120-107)125-96-53-26-23-50-93(96)122-92-49-22-19-46-87(92)112-109(122)125)71-57-61-80(62-58-71)130(78-38-12-4-13-39-78,79-40-14-5-15-41-79)82-63-66-102-86(70-82)85-45-18-29-56-101(85)128-102/h1-70H. The zero-order chi connectivity index (χ0) is 85.3. The van der Waals surface area contributed by atoms with Crippen LogP contribution in [0.4, 0.5) is 0 Å². The molecule has 0 radical (unpaired) electrons. The minimum Gasteiger partial charge on any atom is -0.278 e. The topological polar surface area (TPSA) is 149 Å². The quantitative estimate of drug-likeness (QED) is 0.0722. The molecule has 0 saturated heterocycles. The number of nitrogens with zero attached hydrogens (tertiary/aromatic N) is 16. The van der Waals surface area contributed by atoms with Crippen LogP contribution in [-0.4, -0.2) is 92.5 Å². The summed E-state index contributed by atoms with van der Waals surface area (Å²) in [6.45, 7) is 0. The Morgan fingerprint density at radius 3 is 0.962 bits per heavy atom. The second-order valence-electron chi connectivity index (χ2n) is 33.3. The fraction of sp³-hybridized carbons (Fsp3) is 0. The van der Waals surface area contributed by atoms with Gasteiger partial charge < -0.3 is 0 Å². The summed E-state index contributed by atoms with van der Waals surface area (Å²) in [6.07, 6.45) is 0. The lowest BCUT2D eigenvalue weighted by Crippen LogP contribution is -2.74. The van der Waals surface area contributed by atoms with Gasteiger partial charge in [0.1, 0.15) is 0 Å². The molecular formula is C111H70N16SSi2. The van der Waals surface area contributed by atoms with E-state index in [9.17, 15) is 0 Å². The normalized spacial score (nSPS) is 12.3. The number of hydrogen-bond donors (Lipinski definition) is 0. The van der Waals surface area contributed by atoms with Crippen molar-refractivity contribution >= 4 is 194 Å². The summed E-state index contributed by atoms with van der Waals surface area (Å²) in [5, 5.41) is 14.8. The number of thiophene rings is 1. The summed E-state index contributed by atoms with van der Waals surface area (Å²) in [6, 6.07) is 153.